The number of benzene rings is 3. The van der Waals surface area contributed by atoms with Crippen LogP contribution in [0.1, 0.15) is 120 Å². The molecule has 2 aliphatic carbocycles. The number of hydrogen-bond donors (Lipinski definition) is 2. The van der Waals surface area contributed by atoms with Crippen molar-refractivity contribution in [3.05, 3.63) is 118 Å². The highest BCUT2D eigenvalue weighted by Gasteiger charge is 2.44. The zero-order valence-electron chi connectivity index (χ0n) is 40.2. The fourth-order valence-corrected chi connectivity index (χ4v) is 11.3. The van der Waals surface area contributed by atoms with Crippen molar-refractivity contribution in [1.82, 2.24) is 20.6 Å². The predicted molar refractivity (Wildman–Crippen MR) is 253 cm³/mol. The Kier molecular flexibility index (Phi) is 17.7. The Morgan fingerprint density at radius 1 is 0.797 bits per heavy atom. The Morgan fingerprint density at radius 3 is 1.84 bits per heavy atom. The third-order valence-electron chi connectivity index (χ3n) is 12.9. The maximum Gasteiger partial charge on any atom is 0.416 e. The smallest absolute Gasteiger partial charge is 0.416 e. The van der Waals surface area contributed by atoms with Crippen molar-refractivity contribution >= 4 is 35.8 Å². The molecular weight excluding hydrogens is 969 g/mol. The lowest BCUT2D eigenvalue weighted by Gasteiger charge is -2.44. The third kappa shape index (κ3) is 15.3. The maximum atomic E-state index is 14.9. The summed E-state index contributed by atoms with van der Waals surface area (Å²) in [5.41, 5.74) is -0.542. The number of likely N-dealkylation sites (N-methyl/N-ethyl adjacent to an activating group) is 1. The number of alkyl carbamates (subject to hydrolysis) is 1. The molecule has 0 spiro atoms. The predicted octanol–water partition coefficient (Wildman–Crippen LogP) is 12.8. The van der Waals surface area contributed by atoms with Gasteiger partial charge in [-0.25, -0.2) is 27.6 Å². The summed E-state index contributed by atoms with van der Waals surface area (Å²) in [7, 11) is -4.48. The van der Waals surface area contributed by atoms with Gasteiger partial charge >= 0.3 is 18.4 Å². The van der Waals surface area contributed by atoms with Gasteiger partial charge in [0.1, 0.15) is 34.5 Å². The van der Waals surface area contributed by atoms with Crippen LogP contribution < -0.4 is 15.4 Å². The van der Waals surface area contributed by atoms with E-state index in [1.54, 1.807) is 40.0 Å². The van der Waals surface area contributed by atoms with Gasteiger partial charge in [-0.05, 0) is 132 Å². The summed E-state index contributed by atoms with van der Waals surface area (Å²) in [6, 6.07) is 13.6. The van der Waals surface area contributed by atoms with Crippen LogP contribution in [0, 0.1) is 5.82 Å². The SMILES string of the molecule is CC(C)(C)OC(=O)N[C@H]1C[C@@H](c2cccc(C(F)(F)F)c2)CC[C@@H]1O[Si](C)(C)C(C)(C)C.CN[C@H]1C[C@@H](c2cccc(C(F)(F)F)c2)CC[C@@H]1Oc1cc(F)c(S(=O)(=O)Cc2ccncn2)cc1Cl. The normalized spacial score (nSPS) is 21.7. The highest BCUT2D eigenvalue weighted by atomic mass is 35.5. The van der Waals surface area contributed by atoms with Crippen molar-refractivity contribution in [3.8, 4) is 5.75 Å². The van der Waals surface area contributed by atoms with Crippen LogP contribution in [0.4, 0.5) is 35.5 Å². The largest absolute Gasteiger partial charge is 0.487 e. The number of amides is 1. The van der Waals surface area contributed by atoms with Crippen LogP contribution in [0.25, 0.3) is 0 Å². The van der Waals surface area contributed by atoms with Crippen molar-refractivity contribution < 1.29 is 57.8 Å². The van der Waals surface area contributed by atoms with Crippen molar-refractivity contribution in [2.45, 2.75) is 163 Å². The van der Waals surface area contributed by atoms with Gasteiger partial charge in [0.2, 0.25) is 0 Å². The molecule has 6 atom stereocenters. The molecule has 4 aromatic rings. The quantitative estimate of drug-likeness (QED) is 0.111. The van der Waals surface area contributed by atoms with Gasteiger partial charge in [-0.3, -0.25) is 0 Å². The standard InChI is InChI=1S/C25H24ClF4N3O3S.C24H38F3NO3Si/c1-31-21-10-16(15-3-2-4-17(9-15)25(28,29)30)5-6-22(21)36-23-12-20(27)24(11-19(23)26)37(34,35)13-18-7-8-32-14-33-18;1-22(2,3)30-21(29)28-19-15-17(16-10-9-11-18(14-16)24(25,26)27)12-13-20(19)31-32(7,8)23(4,5)6/h2-4,7-9,11-12,14,16,21-22,31H,5-6,10,13H2,1H3;9-11,14,17,19-20H,12-13,15H2,1-8H3,(H,28,29)/t16-,21-,22-;17-,19-,20-/m00/s1. The number of carbonyl (C=O) groups excluding carboxylic acids is 1. The van der Waals surface area contributed by atoms with E-state index in [-0.39, 0.29) is 51.5 Å². The van der Waals surface area contributed by atoms with E-state index >= 15 is 0 Å². The molecule has 0 saturated heterocycles. The van der Waals surface area contributed by atoms with Crippen molar-refractivity contribution in [2.24, 2.45) is 0 Å². The summed E-state index contributed by atoms with van der Waals surface area (Å²) < 4.78 is 138. The first-order valence-electron chi connectivity index (χ1n) is 22.7. The minimum atomic E-state index is -4.42. The highest BCUT2D eigenvalue weighted by Crippen LogP contribution is 2.43. The van der Waals surface area contributed by atoms with Crippen LogP contribution in [0.5, 0.6) is 5.75 Å². The molecule has 1 amide bonds. The second-order valence-electron chi connectivity index (χ2n) is 20.2. The molecule has 1 heterocycles. The Hall–Kier alpha value is -4.30. The number of aromatic nitrogens is 2. The van der Waals surface area contributed by atoms with Gasteiger partial charge < -0.3 is 24.5 Å². The lowest BCUT2D eigenvalue weighted by Crippen LogP contribution is -2.54. The lowest BCUT2D eigenvalue weighted by atomic mass is 9.79. The van der Waals surface area contributed by atoms with Crippen LogP contribution in [-0.2, 0) is 37.1 Å². The van der Waals surface area contributed by atoms with Gasteiger partial charge in [-0.1, -0.05) is 68.8 Å². The summed E-state index contributed by atoms with van der Waals surface area (Å²) in [5.74, 6) is -1.77. The molecule has 2 N–H and O–H groups in total. The topological polar surface area (TPSA) is 129 Å². The molecule has 2 fully saturated rings. The average Bonchev–Trinajstić information content (AvgIpc) is 3.24. The van der Waals surface area contributed by atoms with Crippen LogP contribution >= 0.6 is 11.6 Å². The molecule has 20 heteroatoms. The number of sulfone groups is 1. The number of nitrogens with zero attached hydrogens (tertiary/aromatic N) is 2. The number of carbonyl (C=O) groups is 1. The molecule has 0 aliphatic heterocycles. The Bertz CT molecular complexity index is 2490. The number of alkyl halides is 6. The van der Waals surface area contributed by atoms with Crippen LogP contribution in [-0.4, -0.2) is 69.7 Å². The van der Waals surface area contributed by atoms with E-state index in [4.69, 9.17) is 25.5 Å². The molecule has 0 bridgehead atoms. The minimum absolute atomic E-state index is 0.00135. The van der Waals surface area contributed by atoms with Crippen molar-refractivity contribution in [3.63, 3.8) is 0 Å². The molecule has 2 aliphatic rings. The number of nitrogens with one attached hydrogen (secondary N) is 2. The maximum absolute atomic E-state index is 14.9. The van der Waals surface area contributed by atoms with Crippen LogP contribution in [0.3, 0.4) is 0 Å². The molecule has 0 unspecified atom stereocenters. The van der Waals surface area contributed by atoms with E-state index in [0.29, 0.717) is 49.7 Å². The molecule has 10 nitrogen and oxygen atoms in total. The summed E-state index contributed by atoms with van der Waals surface area (Å²) in [6.07, 6.45) is -4.03. The molecule has 3 aromatic carbocycles. The first-order valence-corrected chi connectivity index (χ1v) is 27.6. The molecule has 380 valence electrons. The average molecular weight is 1030 g/mol. The number of hydrogen-bond acceptors (Lipinski definition) is 9. The van der Waals surface area contributed by atoms with E-state index in [0.717, 1.165) is 24.3 Å². The Morgan fingerprint density at radius 2 is 1.35 bits per heavy atom. The second kappa shape index (κ2) is 22.0. The van der Waals surface area contributed by atoms with Crippen LogP contribution in [0.2, 0.25) is 23.2 Å². The van der Waals surface area contributed by atoms with Gasteiger partial charge in [0.05, 0.1) is 39.7 Å². The first-order chi connectivity index (χ1) is 31.9. The van der Waals surface area contributed by atoms with Gasteiger partial charge in [-0.15, -0.1) is 0 Å². The summed E-state index contributed by atoms with van der Waals surface area (Å²) >= 11 is 6.30. The van der Waals surface area contributed by atoms with E-state index in [9.17, 15) is 43.9 Å². The number of ether oxygens (including phenoxy) is 2. The Labute approximate surface area is 406 Å². The van der Waals surface area contributed by atoms with Crippen LogP contribution in [0.15, 0.2) is 84.1 Å². The van der Waals surface area contributed by atoms with E-state index in [1.165, 1.54) is 42.9 Å². The number of rotatable bonds is 11. The van der Waals surface area contributed by atoms with Gasteiger partial charge in [0, 0.05) is 18.3 Å². The highest BCUT2D eigenvalue weighted by molar-refractivity contribution is 7.90. The molecule has 69 heavy (non-hydrogen) atoms. The van der Waals surface area contributed by atoms with Crippen molar-refractivity contribution in [2.75, 3.05) is 7.05 Å². The molecule has 6 rings (SSSR count). The zero-order chi connectivity index (χ0) is 51.3. The third-order valence-corrected chi connectivity index (χ3v) is 19.3. The number of halogens is 8. The summed E-state index contributed by atoms with van der Waals surface area (Å²) in [6.45, 7) is 16.2. The van der Waals surface area contributed by atoms with Gasteiger partial charge in [0.15, 0.2) is 18.2 Å². The molecule has 0 radical (unpaired) electrons. The summed E-state index contributed by atoms with van der Waals surface area (Å²) in [4.78, 5) is 19.6. The zero-order valence-corrected chi connectivity index (χ0v) is 42.8. The molecular formula is C49H62ClF7N4O6SSi. The summed E-state index contributed by atoms with van der Waals surface area (Å²) in [5, 5.41) is 6.01. The minimum Gasteiger partial charge on any atom is -0.487 e. The molecule has 2 saturated carbocycles. The van der Waals surface area contributed by atoms with E-state index < -0.39 is 75.9 Å². The fraction of sp³-hybridized carbons (Fsp3) is 0.531. The van der Waals surface area contributed by atoms with E-state index in [2.05, 4.69) is 54.5 Å². The van der Waals surface area contributed by atoms with Gasteiger partial charge in [-0.2, -0.15) is 26.3 Å². The Balaban J connectivity index is 0.000000261. The van der Waals surface area contributed by atoms with E-state index in [1.807, 2.05) is 0 Å². The van der Waals surface area contributed by atoms with Crippen molar-refractivity contribution in [1.29, 1.82) is 0 Å². The fourth-order valence-electron chi connectivity index (χ4n) is 8.26. The monoisotopic (exact) mass is 1030 g/mol. The van der Waals surface area contributed by atoms with Gasteiger partial charge in [0.25, 0.3) is 0 Å². The second-order valence-corrected chi connectivity index (χ2v) is 27.3. The molecule has 1 aromatic heterocycles. The first kappa shape index (κ1) is 55.6. The lowest BCUT2D eigenvalue weighted by molar-refractivity contribution is -0.138.